The summed E-state index contributed by atoms with van der Waals surface area (Å²) >= 11 is 3.53. The second-order valence-corrected chi connectivity index (χ2v) is 11.6. The standard InChI is InChI=1S/C28H38BrN3O3/c1-35-23-9-6-19(18-22(23)29)10-14-31-27(34)25-21-8-7-20(28(21)11-12-28)24(25)26(33)30-13-2-3-15-32-16-4-5-17-32/h6-9,18,20-21,24-25H,2-5,10-17H2,1H3,(H,30,33)(H,31,34)/t20-,21+,24-,25-/m1/s1. The number of benzene rings is 1. The molecule has 2 N–H and O–H groups in total. The van der Waals surface area contributed by atoms with Crippen LogP contribution >= 0.6 is 15.9 Å². The fourth-order valence-corrected chi connectivity index (χ4v) is 7.41. The number of halogens is 1. The number of ether oxygens (including phenoxy) is 1. The lowest BCUT2D eigenvalue weighted by Crippen LogP contribution is -2.44. The molecule has 1 spiro atoms. The van der Waals surface area contributed by atoms with Crippen molar-refractivity contribution in [2.24, 2.45) is 29.1 Å². The predicted octanol–water partition coefficient (Wildman–Crippen LogP) is 3.94. The Kier molecular flexibility index (Phi) is 7.54. The van der Waals surface area contributed by atoms with Gasteiger partial charge in [-0.15, -0.1) is 0 Å². The zero-order valence-corrected chi connectivity index (χ0v) is 22.3. The molecular formula is C28H38BrN3O3. The molecule has 2 bridgehead atoms. The summed E-state index contributed by atoms with van der Waals surface area (Å²) in [6, 6.07) is 5.99. The largest absolute Gasteiger partial charge is 0.496 e. The van der Waals surface area contributed by atoms with E-state index in [2.05, 4.69) is 43.6 Å². The Morgan fingerprint density at radius 2 is 1.69 bits per heavy atom. The van der Waals surface area contributed by atoms with Crippen LogP contribution in [0, 0.1) is 29.1 Å². The molecule has 4 atom stereocenters. The third-order valence-corrected chi connectivity index (χ3v) is 9.39. The minimum atomic E-state index is -0.250. The number of likely N-dealkylation sites (tertiary alicyclic amines) is 1. The van der Waals surface area contributed by atoms with Crippen LogP contribution in [-0.4, -0.2) is 56.5 Å². The molecule has 3 fully saturated rings. The van der Waals surface area contributed by atoms with Gasteiger partial charge in [0.05, 0.1) is 23.4 Å². The molecule has 1 saturated heterocycles. The molecule has 35 heavy (non-hydrogen) atoms. The summed E-state index contributed by atoms with van der Waals surface area (Å²) in [7, 11) is 1.65. The lowest BCUT2D eigenvalue weighted by atomic mass is 9.81. The Labute approximate surface area is 217 Å². The van der Waals surface area contributed by atoms with Crippen LogP contribution in [0.2, 0.25) is 0 Å². The van der Waals surface area contributed by atoms with Gasteiger partial charge in [0.15, 0.2) is 0 Å². The monoisotopic (exact) mass is 543 g/mol. The Morgan fingerprint density at radius 3 is 2.29 bits per heavy atom. The molecule has 0 aromatic heterocycles. The molecule has 1 aliphatic heterocycles. The van der Waals surface area contributed by atoms with Gasteiger partial charge in [-0.3, -0.25) is 9.59 Å². The number of hydrogen-bond donors (Lipinski definition) is 2. The third-order valence-electron chi connectivity index (χ3n) is 8.78. The van der Waals surface area contributed by atoms with Crippen molar-refractivity contribution in [1.82, 2.24) is 15.5 Å². The average molecular weight is 545 g/mol. The third kappa shape index (κ3) is 5.04. The van der Waals surface area contributed by atoms with E-state index in [1.165, 1.54) is 25.9 Å². The van der Waals surface area contributed by atoms with E-state index in [1.807, 2.05) is 18.2 Å². The topological polar surface area (TPSA) is 70.7 Å². The molecule has 5 rings (SSSR count). The normalized spacial score (nSPS) is 27.9. The number of hydrogen-bond acceptors (Lipinski definition) is 4. The number of allylic oxidation sites excluding steroid dienone is 2. The van der Waals surface area contributed by atoms with Crippen LogP contribution in [0.3, 0.4) is 0 Å². The fraction of sp³-hybridized carbons (Fsp3) is 0.643. The van der Waals surface area contributed by atoms with Crippen molar-refractivity contribution in [3.05, 3.63) is 40.4 Å². The first-order valence-electron chi connectivity index (χ1n) is 13.3. The number of nitrogens with one attached hydrogen (secondary N) is 2. The molecule has 0 unspecified atom stereocenters. The van der Waals surface area contributed by atoms with E-state index < -0.39 is 0 Å². The summed E-state index contributed by atoms with van der Waals surface area (Å²) in [5.41, 5.74) is 1.30. The van der Waals surface area contributed by atoms with Crippen molar-refractivity contribution in [1.29, 1.82) is 0 Å². The SMILES string of the molecule is COc1ccc(CCNC(=O)[C@H]2[C@H](C(=O)NCCCCN3CCCC3)[C@H]3C=C[C@@H]2C32CC2)cc1Br. The van der Waals surface area contributed by atoms with Crippen molar-refractivity contribution in [2.45, 2.75) is 44.9 Å². The highest BCUT2D eigenvalue weighted by Crippen LogP contribution is 2.72. The Hall–Kier alpha value is -1.86. The molecule has 190 valence electrons. The van der Waals surface area contributed by atoms with Crippen LogP contribution in [0.5, 0.6) is 5.75 Å². The van der Waals surface area contributed by atoms with Crippen LogP contribution in [0.25, 0.3) is 0 Å². The molecule has 3 aliphatic carbocycles. The molecule has 1 heterocycles. The van der Waals surface area contributed by atoms with E-state index in [0.29, 0.717) is 13.1 Å². The molecule has 6 nitrogen and oxygen atoms in total. The Balaban J connectivity index is 1.14. The summed E-state index contributed by atoms with van der Waals surface area (Å²) < 4.78 is 6.21. The first-order valence-corrected chi connectivity index (χ1v) is 14.1. The molecule has 7 heteroatoms. The maximum Gasteiger partial charge on any atom is 0.224 e. The lowest BCUT2D eigenvalue weighted by Gasteiger charge is -2.26. The quantitative estimate of drug-likeness (QED) is 0.327. The van der Waals surface area contributed by atoms with Crippen molar-refractivity contribution < 1.29 is 14.3 Å². The van der Waals surface area contributed by atoms with Crippen LogP contribution in [0.1, 0.15) is 44.1 Å². The van der Waals surface area contributed by atoms with Gasteiger partial charge < -0.3 is 20.3 Å². The van der Waals surface area contributed by atoms with E-state index in [4.69, 9.17) is 4.74 Å². The summed E-state index contributed by atoms with van der Waals surface area (Å²) in [5, 5.41) is 6.35. The second kappa shape index (κ2) is 10.6. The second-order valence-electron chi connectivity index (χ2n) is 10.8. The molecule has 4 aliphatic rings. The molecule has 0 radical (unpaired) electrons. The Bertz CT molecular complexity index is 970. The minimum absolute atomic E-state index is 0.0369. The summed E-state index contributed by atoms with van der Waals surface area (Å²) in [6.07, 6.45) is 12.2. The molecular weight excluding hydrogens is 506 g/mol. The van der Waals surface area contributed by atoms with Crippen molar-refractivity contribution >= 4 is 27.7 Å². The van der Waals surface area contributed by atoms with Gasteiger partial charge in [-0.05, 0) is 115 Å². The van der Waals surface area contributed by atoms with Crippen molar-refractivity contribution in [2.75, 3.05) is 39.8 Å². The van der Waals surface area contributed by atoms with Gasteiger partial charge in [0.2, 0.25) is 11.8 Å². The molecule has 1 aromatic carbocycles. The number of carbonyl (C=O) groups is 2. The zero-order chi connectivity index (χ0) is 24.4. The van der Waals surface area contributed by atoms with Crippen molar-refractivity contribution in [3.8, 4) is 5.75 Å². The Morgan fingerprint density at radius 1 is 1.03 bits per heavy atom. The predicted molar refractivity (Wildman–Crippen MR) is 140 cm³/mol. The lowest BCUT2D eigenvalue weighted by molar-refractivity contribution is -0.135. The number of amides is 2. The average Bonchev–Trinajstić information content (AvgIpc) is 3.21. The molecule has 2 saturated carbocycles. The van der Waals surface area contributed by atoms with E-state index in [1.54, 1.807) is 7.11 Å². The maximum atomic E-state index is 13.4. The van der Waals surface area contributed by atoms with E-state index in [9.17, 15) is 9.59 Å². The number of rotatable bonds is 11. The van der Waals surface area contributed by atoms with Crippen LogP contribution < -0.4 is 15.4 Å². The molecule has 1 aromatic rings. The number of carbonyl (C=O) groups excluding carboxylic acids is 2. The van der Waals surface area contributed by atoms with Crippen molar-refractivity contribution in [3.63, 3.8) is 0 Å². The van der Waals surface area contributed by atoms with E-state index in [0.717, 1.165) is 54.4 Å². The van der Waals surface area contributed by atoms with Crippen LogP contribution in [-0.2, 0) is 16.0 Å². The van der Waals surface area contributed by atoms with Gasteiger partial charge in [-0.25, -0.2) is 0 Å². The number of unbranched alkanes of at least 4 members (excludes halogenated alkanes) is 1. The first kappa shape index (κ1) is 24.8. The highest BCUT2D eigenvalue weighted by molar-refractivity contribution is 9.10. The van der Waals surface area contributed by atoms with E-state index >= 15 is 0 Å². The highest BCUT2D eigenvalue weighted by Gasteiger charge is 2.69. The number of nitrogens with zero attached hydrogens (tertiary/aromatic N) is 1. The van der Waals surface area contributed by atoms with Gasteiger partial charge in [0.25, 0.3) is 0 Å². The first-order chi connectivity index (χ1) is 17.0. The summed E-state index contributed by atoms with van der Waals surface area (Å²) in [6.45, 7) is 4.84. The maximum absolute atomic E-state index is 13.4. The van der Waals surface area contributed by atoms with Gasteiger partial charge in [0.1, 0.15) is 5.75 Å². The highest BCUT2D eigenvalue weighted by atomic mass is 79.9. The summed E-state index contributed by atoms with van der Waals surface area (Å²) in [4.78, 5) is 29.2. The van der Waals surface area contributed by atoms with Crippen LogP contribution in [0.4, 0.5) is 0 Å². The zero-order valence-electron chi connectivity index (χ0n) is 20.7. The van der Waals surface area contributed by atoms with Crippen LogP contribution in [0.15, 0.2) is 34.8 Å². The summed E-state index contributed by atoms with van der Waals surface area (Å²) in [5.74, 6) is 0.842. The number of methoxy groups -OCH3 is 1. The van der Waals surface area contributed by atoms with Gasteiger partial charge in [-0.2, -0.15) is 0 Å². The fourth-order valence-electron chi connectivity index (χ4n) is 6.82. The smallest absolute Gasteiger partial charge is 0.224 e. The van der Waals surface area contributed by atoms with Gasteiger partial charge in [0, 0.05) is 13.1 Å². The molecule has 2 amide bonds. The van der Waals surface area contributed by atoms with Gasteiger partial charge >= 0.3 is 0 Å². The van der Waals surface area contributed by atoms with E-state index in [-0.39, 0.29) is 40.9 Å². The minimum Gasteiger partial charge on any atom is -0.496 e. The van der Waals surface area contributed by atoms with Gasteiger partial charge in [-0.1, -0.05) is 18.2 Å².